The standard InChI is InChI=1S/C14H28N4O/c1-10(19-6)8-16-12(7-15)11-9-18(5)17-13(11)14(2,3)4/h9-10,12,16H,7-8,15H2,1-6H3. The summed E-state index contributed by atoms with van der Waals surface area (Å²) in [5.41, 5.74) is 8.21. The number of nitrogens with two attached hydrogens (primary N) is 1. The third-order valence-electron chi connectivity index (χ3n) is 3.23. The van der Waals surface area contributed by atoms with Crippen molar-refractivity contribution in [2.75, 3.05) is 20.2 Å². The summed E-state index contributed by atoms with van der Waals surface area (Å²) < 4.78 is 7.12. The van der Waals surface area contributed by atoms with Gasteiger partial charge in [-0.2, -0.15) is 5.10 Å². The zero-order chi connectivity index (χ0) is 14.6. The van der Waals surface area contributed by atoms with E-state index >= 15 is 0 Å². The Labute approximate surface area is 116 Å². The molecule has 5 heteroatoms. The lowest BCUT2D eigenvalue weighted by atomic mass is 9.87. The number of hydrogen-bond acceptors (Lipinski definition) is 4. The predicted octanol–water partition coefficient (Wildman–Crippen LogP) is 1.34. The summed E-state index contributed by atoms with van der Waals surface area (Å²) in [7, 11) is 3.67. The minimum atomic E-state index is 0.0125. The maximum atomic E-state index is 5.91. The van der Waals surface area contributed by atoms with E-state index in [2.05, 4.69) is 37.4 Å². The molecule has 1 rings (SSSR count). The van der Waals surface area contributed by atoms with Gasteiger partial charge in [-0.25, -0.2) is 0 Å². The van der Waals surface area contributed by atoms with Crippen molar-refractivity contribution in [3.8, 4) is 0 Å². The highest BCUT2D eigenvalue weighted by molar-refractivity contribution is 5.27. The van der Waals surface area contributed by atoms with Gasteiger partial charge in [0.1, 0.15) is 0 Å². The molecule has 0 radical (unpaired) electrons. The summed E-state index contributed by atoms with van der Waals surface area (Å²) in [6.07, 6.45) is 2.23. The summed E-state index contributed by atoms with van der Waals surface area (Å²) in [5.74, 6) is 0. The average molecular weight is 268 g/mol. The van der Waals surface area contributed by atoms with Gasteiger partial charge in [-0.15, -0.1) is 0 Å². The van der Waals surface area contributed by atoms with Crippen molar-refractivity contribution >= 4 is 0 Å². The summed E-state index contributed by atoms with van der Waals surface area (Å²) >= 11 is 0. The van der Waals surface area contributed by atoms with Gasteiger partial charge in [-0.05, 0) is 6.92 Å². The molecule has 0 fully saturated rings. The van der Waals surface area contributed by atoms with E-state index in [4.69, 9.17) is 10.5 Å². The van der Waals surface area contributed by atoms with Crippen molar-refractivity contribution < 1.29 is 4.74 Å². The Bertz CT molecular complexity index is 395. The highest BCUT2D eigenvalue weighted by Crippen LogP contribution is 2.28. The van der Waals surface area contributed by atoms with Gasteiger partial charge in [0.2, 0.25) is 0 Å². The maximum Gasteiger partial charge on any atom is 0.0726 e. The molecule has 3 N–H and O–H groups in total. The van der Waals surface area contributed by atoms with Crippen molar-refractivity contribution in [1.82, 2.24) is 15.1 Å². The maximum absolute atomic E-state index is 5.91. The van der Waals surface area contributed by atoms with Gasteiger partial charge >= 0.3 is 0 Å². The van der Waals surface area contributed by atoms with E-state index in [9.17, 15) is 0 Å². The van der Waals surface area contributed by atoms with Crippen LogP contribution < -0.4 is 11.1 Å². The molecule has 19 heavy (non-hydrogen) atoms. The number of aromatic nitrogens is 2. The SMILES string of the molecule is COC(C)CNC(CN)c1cn(C)nc1C(C)(C)C. The van der Waals surface area contributed by atoms with Crippen molar-refractivity contribution in [3.63, 3.8) is 0 Å². The second kappa shape index (κ2) is 6.50. The van der Waals surface area contributed by atoms with Crippen LogP contribution in [0, 0.1) is 0 Å². The van der Waals surface area contributed by atoms with Crippen LogP contribution in [0.1, 0.15) is 45.0 Å². The van der Waals surface area contributed by atoms with Gasteiger partial charge in [0.25, 0.3) is 0 Å². The number of ether oxygens (including phenoxy) is 1. The second-order valence-electron chi connectivity index (χ2n) is 6.10. The van der Waals surface area contributed by atoms with Crippen LogP contribution >= 0.6 is 0 Å². The van der Waals surface area contributed by atoms with Crippen molar-refractivity contribution in [2.45, 2.75) is 45.3 Å². The molecular weight excluding hydrogens is 240 g/mol. The fourth-order valence-electron chi connectivity index (χ4n) is 2.06. The second-order valence-corrected chi connectivity index (χ2v) is 6.10. The van der Waals surface area contributed by atoms with E-state index in [1.54, 1.807) is 7.11 Å². The van der Waals surface area contributed by atoms with Gasteiger partial charge in [0, 0.05) is 50.5 Å². The third-order valence-corrected chi connectivity index (χ3v) is 3.23. The van der Waals surface area contributed by atoms with Crippen molar-refractivity contribution in [2.24, 2.45) is 12.8 Å². The number of aryl methyl sites for hydroxylation is 1. The molecule has 0 aromatic carbocycles. The van der Waals surface area contributed by atoms with Crippen LogP contribution in [0.5, 0.6) is 0 Å². The topological polar surface area (TPSA) is 65.1 Å². The summed E-state index contributed by atoms with van der Waals surface area (Å²) in [4.78, 5) is 0. The predicted molar refractivity (Wildman–Crippen MR) is 78.2 cm³/mol. The van der Waals surface area contributed by atoms with Crippen LogP contribution in [-0.2, 0) is 17.2 Å². The highest BCUT2D eigenvalue weighted by atomic mass is 16.5. The van der Waals surface area contributed by atoms with E-state index in [1.807, 2.05) is 18.7 Å². The van der Waals surface area contributed by atoms with Gasteiger partial charge in [-0.1, -0.05) is 20.8 Å². The molecule has 0 aliphatic rings. The minimum absolute atomic E-state index is 0.0125. The first kappa shape index (κ1) is 16.1. The lowest BCUT2D eigenvalue weighted by Gasteiger charge is -2.23. The van der Waals surface area contributed by atoms with E-state index in [1.165, 1.54) is 5.56 Å². The fourth-order valence-corrected chi connectivity index (χ4v) is 2.06. The first-order valence-electron chi connectivity index (χ1n) is 6.79. The first-order chi connectivity index (χ1) is 8.79. The molecule has 0 amide bonds. The summed E-state index contributed by atoms with van der Waals surface area (Å²) in [6.45, 7) is 9.87. The molecule has 2 unspecified atom stereocenters. The Hall–Kier alpha value is -0.910. The summed E-state index contributed by atoms with van der Waals surface area (Å²) in [5, 5.41) is 8.05. The molecule has 1 aromatic rings. The molecule has 1 heterocycles. The molecule has 0 saturated heterocycles. The number of nitrogens with zero attached hydrogens (tertiary/aromatic N) is 2. The average Bonchev–Trinajstić information content (AvgIpc) is 2.71. The first-order valence-corrected chi connectivity index (χ1v) is 6.79. The Morgan fingerprint density at radius 2 is 2.11 bits per heavy atom. The van der Waals surface area contributed by atoms with Crippen LogP contribution in [-0.4, -0.2) is 36.1 Å². The molecular formula is C14H28N4O. The highest BCUT2D eigenvalue weighted by Gasteiger charge is 2.26. The Balaban J connectivity index is 2.92. The van der Waals surface area contributed by atoms with E-state index < -0.39 is 0 Å². The molecule has 0 spiro atoms. The van der Waals surface area contributed by atoms with Crippen LogP contribution in [0.4, 0.5) is 0 Å². The number of methoxy groups -OCH3 is 1. The van der Waals surface area contributed by atoms with Gasteiger partial charge < -0.3 is 15.8 Å². The Morgan fingerprint density at radius 1 is 1.47 bits per heavy atom. The monoisotopic (exact) mass is 268 g/mol. The van der Waals surface area contributed by atoms with Crippen LogP contribution in [0.25, 0.3) is 0 Å². The van der Waals surface area contributed by atoms with Crippen molar-refractivity contribution in [3.05, 3.63) is 17.5 Å². The third kappa shape index (κ3) is 4.30. The van der Waals surface area contributed by atoms with E-state index in [0.717, 1.165) is 12.2 Å². The molecule has 0 saturated carbocycles. The largest absolute Gasteiger partial charge is 0.380 e. The van der Waals surface area contributed by atoms with Crippen LogP contribution in [0.2, 0.25) is 0 Å². The lowest BCUT2D eigenvalue weighted by molar-refractivity contribution is 0.114. The minimum Gasteiger partial charge on any atom is -0.380 e. The molecule has 1 aromatic heterocycles. The normalized spacial score (nSPS) is 15.5. The Kier molecular flexibility index (Phi) is 5.52. The zero-order valence-electron chi connectivity index (χ0n) is 13.0. The zero-order valence-corrected chi connectivity index (χ0v) is 13.0. The van der Waals surface area contributed by atoms with Gasteiger partial charge in [-0.3, -0.25) is 4.68 Å². The molecule has 110 valence electrons. The van der Waals surface area contributed by atoms with Gasteiger partial charge in [0.05, 0.1) is 11.8 Å². The van der Waals surface area contributed by atoms with Crippen LogP contribution in [0.15, 0.2) is 6.20 Å². The van der Waals surface area contributed by atoms with Gasteiger partial charge in [0.15, 0.2) is 0 Å². The number of nitrogens with one attached hydrogen (secondary N) is 1. The fraction of sp³-hybridized carbons (Fsp3) is 0.786. The molecule has 0 aliphatic carbocycles. The molecule has 2 atom stereocenters. The smallest absolute Gasteiger partial charge is 0.0726 e. The summed E-state index contributed by atoms with van der Waals surface area (Å²) in [6, 6.07) is 0.112. The molecule has 0 bridgehead atoms. The van der Waals surface area contributed by atoms with Crippen molar-refractivity contribution in [1.29, 1.82) is 0 Å². The van der Waals surface area contributed by atoms with Crippen LogP contribution in [0.3, 0.4) is 0 Å². The van der Waals surface area contributed by atoms with E-state index in [-0.39, 0.29) is 17.6 Å². The quantitative estimate of drug-likeness (QED) is 0.817. The van der Waals surface area contributed by atoms with E-state index in [0.29, 0.717) is 6.54 Å². The number of rotatable bonds is 6. The lowest BCUT2D eigenvalue weighted by Crippen LogP contribution is -2.35. The Morgan fingerprint density at radius 3 is 2.58 bits per heavy atom. The number of hydrogen-bond donors (Lipinski definition) is 2. The molecule has 5 nitrogen and oxygen atoms in total. The molecule has 0 aliphatic heterocycles.